The van der Waals surface area contributed by atoms with Gasteiger partial charge in [-0.1, -0.05) is 45.2 Å². The normalized spacial score (nSPS) is 9.89. The molecule has 0 N–H and O–H groups in total. The van der Waals surface area contributed by atoms with Crippen molar-refractivity contribution in [3.8, 4) is 0 Å². The third-order valence-electron chi connectivity index (χ3n) is 3.12. The Morgan fingerprint density at radius 1 is 0.833 bits per heavy atom. The minimum Gasteiger partial charge on any atom is -1.00 e. The first-order valence-electron chi connectivity index (χ1n) is 5.79. The molecule has 0 nitrogen and oxygen atoms in total. The Hall–Kier alpha value is 0.280. The fraction of sp³-hybridized carbons (Fsp3) is 0.400. The second-order valence-corrected chi connectivity index (χ2v) is 4.91. The molecule has 2 aromatic carbocycles. The predicted octanol–water partition coefficient (Wildman–Crippen LogP) is -1.19. The van der Waals surface area contributed by atoms with Crippen LogP contribution in [0.2, 0.25) is 0 Å². The maximum atomic E-state index is 2.29. The van der Waals surface area contributed by atoms with Gasteiger partial charge in [-0.2, -0.15) is 12.1 Å². The third-order valence-corrected chi connectivity index (χ3v) is 3.12. The molecule has 0 aromatic heterocycles. The van der Waals surface area contributed by atoms with Crippen molar-refractivity contribution in [1.29, 1.82) is 0 Å². The van der Waals surface area contributed by atoms with E-state index in [4.69, 9.17) is 0 Å². The summed E-state index contributed by atoms with van der Waals surface area (Å²) < 4.78 is 0. The molecule has 3 heteroatoms. The molecule has 0 amide bonds. The molecule has 18 heavy (non-hydrogen) atoms. The van der Waals surface area contributed by atoms with E-state index in [0.717, 1.165) is 0 Å². The molecule has 0 aliphatic carbocycles. The summed E-state index contributed by atoms with van der Waals surface area (Å²) in [6.07, 6.45) is 0. The van der Waals surface area contributed by atoms with E-state index >= 15 is 0 Å². The van der Waals surface area contributed by atoms with Gasteiger partial charge in [0.1, 0.15) is 0 Å². The molecule has 2 aromatic rings. The van der Waals surface area contributed by atoms with Crippen LogP contribution in [-0.2, 0) is 25.8 Å². The molecule has 0 heterocycles. The van der Waals surface area contributed by atoms with Gasteiger partial charge >= 0.3 is 0 Å². The van der Waals surface area contributed by atoms with Gasteiger partial charge in [-0.05, 0) is 5.92 Å². The van der Waals surface area contributed by atoms with E-state index in [-0.39, 0.29) is 50.7 Å². The molecule has 0 fully saturated rings. The maximum absolute atomic E-state index is 2.29. The van der Waals surface area contributed by atoms with E-state index in [9.17, 15) is 0 Å². The Labute approximate surface area is 142 Å². The zero-order valence-electron chi connectivity index (χ0n) is 11.3. The second-order valence-electron chi connectivity index (χ2n) is 4.91. The van der Waals surface area contributed by atoms with E-state index < -0.39 is 0 Å². The Kier molecular flexibility index (Phi) is 9.67. The third kappa shape index (κ3) is 3.88. The monoisotopic (exact) mass is 449 g/mol. The van der Waals surface area contributed by atoms with Crippen LogP contribution in [0.25, 0.3) is 10.8 Å². The minimum absolute atomic E-state index is 0. The molecule has 0 spiro atoms. The van der Waals surface area contributed by atoms with Crippen LogP contribution in [0.5, 0.6) is 0 Å². The van der Waals surface area contributed by atoms with Crippen LogP contribution >= 0.6 is 0 Å². The predicted molar refractivity (Wildman–Crippen MR) is 67.7 cm³/mol. The van der Waals surface area contributed by atoms with Gasteiger partial charge in [0, 0.05) is 25.8 Å². The fourth-order valence-electron chi connectivity index (χ4n) is 2.29. The summed E-state index contributed by atoms with van der Waals surface area (Å²) in [7, 11) is 0. The van der Waals surface area contributed by atoms with Crippen LogP contribution in [0, 0.1) is 0 Å². The van der Waals surface area contributed by atoms with Crippen LogP contribution in [0.4, 0.5) is 0 Å². The number of halogens is 2. The first-order valence-corrected chi connectivity index (χ1v) is 5.79. The zero-order chi connectivity index (χ0) is 11.0. The van der Waals surface area contributed by atoms with Crippen LogP contribution in [-0.4, -0.2) is 0 Å². The minimum atomic E-state index is 0. The summed E-state index contributed by atoms with van der Waals surface area (Å²) in [4.78, 5) is 0. The Morgan fingerprint density at radius 2 is 1.33 bits per heavy atom. The summed E-state index contributed by atoms with van der Waals surface area (Å²) in [6.45, 7) is 9.04. The molecule has 100 valence electrons. The summed E-state index contributed by atoms with van der Waals surface area (Å²) in [5, 5.41) is 2.88. The smallest absolute Gasteiger partial charge is 0 e. The standard InChI is InChI=1S/C15H19.2ClH.Hf/c1-10(2)12-8-9-13(11(3)4)15-7-5-6-14(12)15;;;/h5-11H,1-4H3;2*1H;/q-1;;;/p-2. The number of fused-ring (bicyclic) bond motifs is 1. The quantitative estimate of drug-likeness (QED) is 0.401. The first kappa shape index (κ1) is 20.6. The summed E-state index contributed by atoms with van der Waals surface area (Å²) in [5.74, 6) is 1.22. The van der Waals surface area contributed by atoms with E-state index in [1.54, 1.807) is 0 Å². The summed E-state index contributed by atoms with van der Waals surface area (Å²) in [6, 6.07) is 11.3. The molecule has 2 rings (SSSR count). The van der Waals surface area contributed by atoms with Crippen molar-refractivity contribution in [3.05, 3.63) is 41.5 Å². The van der Waals surface area contributed by atoms with Gasteiger partial charge in [-0.25, -0.2) is 0 Å². The molecule has 0 unspecified atom stereocenters. The average Bonchev–Trinajstić information content (AvgIpc) is 2.63. The number of rotatable bonds is 2. The Balaban J connectivity index is 0. The van der Waals surface area contributed by atoms with Gasteiger partial charge in [0.05, 0.1) is 0 Å². The molecule has 0 aliphatic rings. The number of hydrogen-bond acceptors (Lipinski definition) is 0. The van der Waals surface area contributed by atoms with E-state index in [0.29, 0.717) is 11.8 Å². The van der Waals surface area contributed by atoms with Gasteiger partial charge in [0.25, 0.3) is 0 Å². The van der Waals surface area contributed by atoms with Crippen LogP contribution in [0.15, 0.2) is 30.3 Å². The van der Waals surface area contributed by atoms with Gasteiger partial charge in [0.15, 0.2) is 0 Å². The van der Waals surface area contributed by atoms with Crippen LogP contribution < -0.4 is 24.8 Å². The second kappa shape index (κ2) is 8.45. The molecular formula is C15H19Cl2Hf-3. The molecule has 0 saturated carbocycles. The van der Waals surface area contributed by atoms with E-state index in [1.165, 1.54) is 21.9 Å². The van der Waals surface area contributed by atoms with Gasteiger partial charge in [0.2, 0.25) is 0 Å². The van der Waals surface area contributed by atoms with E-state index in [1.807, 2.05) is 0 Å². The van der Waals surface area contributed by atoms with Gasteiger partial charge < -0.3 is 24.8 Å². The van der Waals surface area contributed by atoms with Crippen molar-refractivity contribution in [3.63, 3.8) is 0 Å². The Bertz CT molecular complexity index is 430. The van der Waals surface area contributed by atoms with Crippen LogP contribution in [0.3, 0.4) is 0 Å². The largest absolute Gasteiger partial charge is 1.00 e. The SMILES string of the molecule is CC(C)c1ccc(C(C)C)c2[cH-]ccc12.[Cl-].[Cl-].[Hf]. The summed E-state index contributed by atoms with van der Waals surface area (Å²) in [5.41, 5.74) is 2.94. The molecule has 0 atom stereocenters. The van der Waals surface area contributed by atoms with Crippen molar-refractivity contribution in [2.45, 2.75) is 39.5 Å². The molecule has 0 radical (unpaired) electrons. The van der Waals surface area contributed by atoms with Crippen molar-refractivity contribution < 1.29 is 50.7 Å². The number of benzene rings is 1. The van der Waals surface area contributed by atoms with Gasteiger partial charge in [-0.15, -0.1) is 28.5 Å². The fourth-order valence-corrected chi connectivity index (χ4v) is 2.29. The first-order chi connectivity index (χ1) is 7.11. The topological polar surface area (TPSA) is 0 Å². The summed E-state index contributed by atoms with van der Waals surface area (Å²) >= 11 is 0. The van der Waals surface area contributed by atoms with Crippen LogP contribution in [0.1, 0.15) is 50.7 Å². The van der Waals surface area contributed by atoms with Crippen molar-refractivity contribution in [1.82, 2.24) is 0 Å². The molecule has 0 bridgehead atoms. The van der Waals surface area contributed by atoms with E-state index in [2.05, 4.69) is 58.0 Å². The molecule has 0 aliphatic heterocycles. The average molecular weight is 449 g/mol. The Morgan fingerprint density at radius 3 is 1.83 bits per heavy atom. The van der Waals surface area contributed by atoms with Gasteiger partial charge in [-0.3, -0.25) is 0 Å². The van der Waals surface area contributed by atoms with Crippen molar-refractivity contribution >= 4 is 10.8 Å². The zero-order valence-corrected chi connectivity index (χ0v) is 16.4. The van der Waals surface area contributed by atoms with Crippen molar-refractivity contribution in [2.24, 2.45) is 0 Å². The van der Waals surface area contributed by atoms with Crippen molar-refractivity contribution in [2.75, 3.05) is 0 Å². The number of hydrogen-bond donors (Lipinski definition) is 0. The molecular weight excluding hydrogens is 430 g/mol. The molecule has 0 saturated heterocycles. The maximum Gasteiger partial charge on any atom is 0 e.